The van der Waals surface area contributed by atoms with Crippen molar-refractivity contribution in [1.29, 1.82) is 0 Å². The zero-order chi connectivity index (χ0) is 21.7. The second-order valence-corrected chi connectivity index (χ2v) is 8.50. The molecule has 0 radical (unpaired) electrons. The van der Waals surface area contributed by atoms with Gasteiger partial charge in [0.2, 0.25) is 0 Å². The van der Waals surface area contributed by atoms with E-state index in [1.165, 1.54) is 0 Å². The maximum Gasteiger partial charge on any atom is 0.147 e. The van der Waals surface area contributed by atoms with Crippen LogP contribution in [0.1, 0.15) is 6.92 Å². The lowest BCUT2D eigenvalue weighted by atomic mass is 10.1. The van der Waals surface area contributed by atoms with Crippen LogP contribution < -0.4 is 20.5 Å². The topological polar surface area (TPSA) is 31.2 Å². The van der Waals surface area contributed by atoms with Gasteiger partial charge in [0.05, 0.1) is 39.3 Å². The van der Waals surface area contributed by atoms with Crippen molar-refractivity contribution in [2.24, 2.45) is 9.98 Å². The predicted molar refractivity (Wildman–Crippen MR) is 131 cm³/mol. The van der Waals surface area contributed by atoms with Crippen LogP contribution in [0, 0.1) is 0 Å². The van der Waals surface area contributed by atoms with Gasteiger partial charge in [0, 0.05) is 11.4 Å². The van der Waals surface area contributed by atoms with Crippen molar-refractivity contribution in [3.8, 4) is 0 Å². The van der Waals surface area contributed by atoms with Crippen molar-refractivity contribution in [3.05, 3.63) is 108 Å². The van der Waals surface area contributed by atoms with Crippen molar-refractivity contribution in [2.45, 2.75) is 12.6 Å². The Labute approximate surface area is 191 Å². The lowest BCUT2D eigenvalue weighted by molar-refractivity contribution is 0.551. The lowest BCUT2D eigenvalue weighted by Crippen LogP contribution is -2.41. The second-order valence-electron chi connectivity index (χ2n) is 8.23. The number of fused-ring (bicyclic) bond motifs is 3. The molecule has 4 aromatic rings. The van der Waals surface area contributed by atoms with Crippen molar-refractivity contribution in [2.75, 3.05) is 15.7 Å². The summed E-state index contributed by atoms with van der Waals surface area (Å²) in [5, 5.41) is 1.84. The number of benzene rings is 4. The molecule has 2 aliphatic rings. The first-order valence-corrected chi connectivity index (χ1v) is 11.2. The Morgan fingerprint density at radius 2 is 1.34 bits per heavy atom. The monoisotopic (exact) mass is 436 g/mol. The van der Waals surface area contributed by atoms with Crippen molar-refractivity contribution >= 4 is 45.7 Å². The van der Waals surface area contributed by atoms with Crippen LogP contribution in [0.4, 0.5) is 34.1 Å². The summed E-state index contributed by atoms with van der Waals surface area (Å²) in [6.07, 6.45) is 0. The first-order chi connectivity index (χ1) is 15.7. The highest BCUT2D eigenvalue weighted by molar-refractivity contribution is 6.19. The molecule has 0 spiro atoms. The summed E-state index contributed by atoms with van der Waals surface area (Å²) < 4.78 is 0. The molecule has 2 heterocycles. The molecule has 0 aromatic heterocycles. The maximum atomic E-state index is 6.47. The van der Waals surface area contributed by atoms with Gasteiger partial charge in [-0.1, -0.05) is 48.5 Å². The molecule has 6 rings (SSSR count). The highest BCUT2D eigenvalue weighted by atomic mass is 35.5. The van der Waals surface area contributed by atoms with Crippen LogP contribution in [0.2, 0.25) is 0 Å². The van der Waals surface area contributed by atoms with Crippen LogP contribution in [0.15, 0.2) is 107 Å². The zero-order valence-corrected chi connectivity index (χ0v) is 18.4. The van der Waals surface area contributed by atoms with E-state index in [-0.39, 0.29) is 0 Å². The number of nitrogens with zero attached hydrogens (tertiary/aromatic N) is 4. The molecule has 1 atom stereocenters. The van der Waals surface area contributed by atoms with Gasteiger partial charge in [0.1, 0.15) is 5.66 Å². The summed E-state index contributed by atoms with van der Waals surface area (Å²) in [5.74, 6) is 0.376. The smallest absolute Gasteiger partial charge is 0.147 e. The summed E-state index contributed by atoms with van der Waals surface area (Å²) >= 11 is 6.47. The molecule has 0 bridgehead atoms. The molecule has 1 unspecified atom stereocenters. The number of anilines is 5. The van der Waals surface area contributed by atoms with Crippen LogP contribution in [0.3, 0.4) is 0 Å². The zero-order valence-electron chi connectivity index (χ0n) is 17.6. The number of hydrogen-bond acceptors (Lipinski definition) is 4. The molecule has 156 valence electrons. The Morgan fingerprint density at radius 1 is 0.719 bits per heavy atom. The van der Waals surface area contributed by atoms with Crippen LogP contribution >= 0.6 is 11.6 Å². The van der Waals surface area contributed by atoms with Crippen LogP contribution in [0.25, 0.3) is 0 Å². The molecule has 0 saturated carbocycles. The minimum Gasteiger partial charge on any atom is -0.313 e. The third-order valence-corrected chi connectivity index (χ3v) is 6.55. The van der Waals surface area contributed by atoms with Gasteiger partial charge in [-0.05, 0) is 55.5 Å². The largest absolute Gasteiger partial charge is 0.313 e. The van der Waals surface area contributed by atoms with Gasteiger partial charge >= 0.3 is 0 Å². The van der Waals surface area contributed by atoms with Crippen LogP contribution in [-0.4, -0.2) is 11.5 Å². The molecule has 0 saturated heterocycles. The molecule has 0 fully saturated rings. The molecule has 4 aromatic carbocycles. The van der Waals surface area contributed by atoms with Crippen LogP contribution in [-0.2, 0) is 0 Å². The van der Waals surface area contributed by atoms with E-state index in [9.17, 15) is 0 Å². The molecule has 4 nitrogen and oxygen atoms in total. The van der Waals surface area contributed by atoms with Gasteiger partial charge in [0.25, 0.3) is 0 Å². The summed E-state index contributed by atoms with van der Waals surface area (Å²) in [6, 6.07) is 33.2. The average molecular weight is 437 g/mol. The highest BCUT2D eigenvalue weighted by Crippen LogP contribution is 2.42. The normalized spacial score (nSPS) is 18.3. The SMILES string of the molecule is CC1(CCl)N=c2cc3c(cc2N1c1ccccc1)=Nc1ccccc1N3c1ccccc1. The van der Waals surface area contributed by atoms with E-state index >= 15 is 0 Å². The van der Waals surface area contributed by atoms with E-state index in [1.54, 1.807) is 0 Å². The van der Waals surface area contributed by atoms with Gasteiger partial charge in [-0.15, -0.1) is 11.6 Å². The van der Waals surface area contributed by atoms with Gasteiger partial charge < -0.3 is 9.80 Å². The summed E-state index contributed by atoms with van der Waals surface area (Å²) in [5.41, 5.74) is 5.63. The fraction of sp³-hybridized carbons (Fsp3) is 0.111. The molecule has 5 heteroatoms. The Kier molecular flexibility index (Phi) is 4.30. The molecule has 32 heavy (non-hydrogen) atoms. The van der Waals surface area contributed by atoms with Crippen molar-refractivity contribution < 1.29 is 0 Å². The highest BCUT2D eigenvalue weighted by Gasteiger charge is 2.38. The number of halogens is 1. The van der Waals surface area contributed by atoms with E-state index in [4.69, 9.17) is 21.6 Å². The number of alkyl halides is 1. The minimum absolute atomic E-state index is 0.376. The number of para-hydroxylation sites is 4. The molecular weight excluding hydrogens is 416 g/mol. The van der Waals surface area contributed by atoms with Gasteiger partial charge in [0.15, 0.2) is 0 Å². The van der Waals surface area contributed by atoms with E-state index < -0.39 is 5.66 Å². The third-order valence-electron chi connectivity index (χ3n) is 6.04. The quantitative estimate of drug-likeness (QED) is 0.318. The third kappa shape index (κ3) is 2.84. The van der Waals surface area contributed by atoms with Crippen LogP contribution in [0.5, 0.6) is 0 Å². The first-order valence-electron chi connectivity index (χ1n) is 10.7. The summed E-state index contributed by atoms with van der Waals surface area (Å²) in [4.78, 5) is 14.6. The Bertz CT molecular complexity index is 1440. The minimum atomic E-state index is -0.570. The number of hydrogen-bond donors (Lipinski definition) is 0. The standard InChI is InChI=1S/C27H21ClN4/c1-27(18-28)30-23-17-25-22(16-26(23)32(27)20-12-6-3-7-13-20)29-21-14-8-9-15-24(21)31(25)19-10-4-2-5-11-19/h2-17H,18H2,1H3. The predicted octanol–water partition coefficient (Wildman–Crippen LogP) is 6.15. The van der Waals surface area contributed by atoms with E-state index in [1.807, 2.05) is 30.3 Å². The van der Waals surface area contributed by atoms with Gasteiger partial charge in [-0.3, -0.25) is 4.99 Å². The van der Waals surface area contributed by atoms with Crippen molar-refractivity contribution in [1.82, 2.24) is 0 Å². The average Bonchev–Trinajstić information content (AvgIpc) is 3.13. The Morgan fingerprint density at radius 3 is 2.06 bits per heavy atom. The first kappa shape index (κ1) is 19.1. The second kappa shape index (κ2) is 7.21. The van der Waals surface area contributed by atoms with E-state index in [0.29, 0.717) is 5.88 Å². The Balaban J connectivity index is 1.63. The summed E-state index contributed by atoms with van der Waals surface area (Å²) in [7, 11) is 0. The lowest BCUT2D eigenvalue weighted by Gasteiger charge is -2.34. The van der Waals surface area contributed by atoms with E-state index in [0.717, 1.165) is 44.8 Å². The maximum absolute atomic E-state index is 6.47. The fourth-order valence-electron chi connectivity index (χ4n) is 4.61. The van der Waals surface area contributed by atoms with E-state index in [2.05, 4.69) is 83.5 Å². The molecule has 0 aliphatic carbocycles. The van der Waals surface area contributed by atoms with Gasteiger partial charge in [-0.25, -0.2) is 4.99 Å². The molecule has 0 N–H and O–H groups in total. The molecule has 0 amide bonds. The molecular formula is C27H21ClN4. The number of rotatable bonds is 3. The van der Waals surface area contributed by atoms with Crippen molar-refractivity contribution in [3.63, 3.8) is 0 Å². The Hall–Kier alpha value is -3.63. The summed E-state index contributed by atoms with van der Waals surface area (Å²) in [6.45, 7) is 2.08. The molecule has 2 aliphatic heterocycles. The fourth-order valence-corrected chi connectivity index (χ4v) is 4.79. The van der Waals surface area contributed by atoms with Gasteiger partial charge in [-0.2, -0.15) is 0 Å².